The molecule has 1 unspecified atom stereocenters. The van der Waals surface area contributed by atoms with E-state index in [4.69, 9.17) is 14.3 Å². The first kappa shape index (κ1) is 25.6. The van der Waals surface area contributed by atoms with Crippen LogP contribution in [0.15, 0.2) is 63.5 Å². The van der Waals surface area contributed by atoms with Gasteiger partial charge in [0.2, 0.25) is 0 Å². The molecule has 10 heteroatoms. The van der Waals surface area contributed by atoms with Crippen molar-refractivity contribution in [3.8, 4) is 16.7 Å². The van der Waals surface area contributed by atoms with Crippen LogP contribution in [0.1, 0.15) is 53.6 Å². The van der Waals surface area contributed by atoms with Crippen molar-refractivity contribution in [1.82, 2.24) is 4.98 Å². The number of carboxylic acids is 1. The fourth-order valence-corrected chi connectivity index (χ4v) is 3.87. The molecule has 2 heterocycles. The Balaban J connectivity index is 1.72. The summed E-state index contributed by atoms with van der Waals surface area (Å²) in [6.07, 6.45) is 6.40. The Bertz CT molecular complexity index is 1340. The van der Waals surface area contributed by atoms with Gasteiger partial charge in [-0.25, -0.2) is 19.0 Å². The summed E-state index contributed by atoms with van der Waals surface area (Å²) in [6.45, 7) is 3.25. The molecule has 8 nitrogen and oxygen atoms in total. The van der Waals surface area contributed by atoms with E-state index in [1.807, 2.05) is 0 Å². The Hall–Kier alpha value is -4.05. The predicted molar refractivity (Wildman–Crippen MR) is 128 cm³/mol. The molecule has 0 aliphatic rings. The van der Waals surface area contributed by atoms with Gasteiger partial charge in [0.15, 0.2) is 5.78 Å². The van der Waals surface area contributed by atoms with E-state index in [1.54, 1.807) is 6.92 Å². The number of rotatable bonds is 10. The highest BCUT2D eigenvalue weighted by molar-refractivity contribution is 7.14. The van der Waals surface area contributed by atoms with Gasteiger partial charge >= 0.3 is 11.6 Å². The summed E-state index contributed by atoms with van der Waals surface area (Å²) < 4.78 is 23.8. The highest BCUT2D eigenvalue weighted by Gasteiger charge is 2.22. The second-order valence-electron chi connectivity index (χ2n) is 7.66. The molecule has 182 valence electrons. The molecule has 0 bridgehead atoms. The Morgan fingerprint density at radius 1 is 1.29 bits per heavy atom. The molecule has 0 spiro atoms. The Morgan fingerprint density at radius 2 is 2.00 bits per heavy atom. The van der Waals surface area contributed by atoms with E-state index in [0.29, 0.717) is 23.5 Å². The van der Waals surface area contributed by atoms with Gasteiger partial charge in [-0.3, -0.25) is 4.79 Å². The molecule has 1 aromatic carbocycles. The van der Waals surface area contributed by atoms with Gasteiger partial charge in [-0.2, -0.15) is 0 Å². The normalized spacial score (nSPS) is 12.6. The zero-order valence-electron chi connectivity index (χ0n) is 18.9. The van der Waals surface area contributed by atoms with Crippen LogP contribution in [0, 0.1) is 5.82 Å². The lowest BCUT2D eigenvalue weighted by Gasteiger charge is -2.10. The van der Waals surface area contributed by atoms with Crippen LogP contribution in [0.2, 0.25) is 0 Å². The monoisotopic (exact) mass is 499 g/mol. The Morgan fingerprint density at radius 3 is 2.66 bits per heavy atom. The standard InChI is InChI=1S/C25H22FNO7S/c1-14(5-3-4-6-21(29)30)20-12-19(28)22(24(32)34-20)23(31)15(2)11-18-13-27-25(35-18)33-17-9-7-16(26)8-10-17/h4,6-14,28H,3,5H2,1-2H3,(H,29,30)/b6-4+,15-11+. The average Bonchev–Trinajstić information content (AvgIpc) is 3.23. The maximum Gasteiger partial charge on any atom is 0.351 e. The lowest BCUT2D eigenvalue weighted by Crippen LogP contribution is -2.16. The highest BCUT2D eigenvalue weighted by Crippen LogP contribution is 2.29. The molecule has 2 aromatic heterocycles. The molecule has 3 rings (SSSR count). The van der Waals surface area contributed by atoms with E-state index in [9.17, 15) is 23.9 Å². The van der Waals surface area contributed by atoms with Crippen LogP contribution in [0.4, 0.5) is 4.39 Å². The number of aromatic nitrogens is 1. The number of carbonyl (C=O) groups is 2. The molecule has 0 saturated carbocycles. The molecule has 0 aliphatic carbocycles. The van der Waals surface area contributed by atoms with Gasteiger partial charge in [-0.1, -0.05) is 24.3 Å². The van der Waals surface area contributed by atoms with Crippen LogP contribution in [-0.4, -0.2) is 26.9 Å². The van der Waals surface area contributed by atoms with Crippen LogP contribution in [-0.2, 0) is 4.79 Å². The van der Waals surface area contributed by atoms with Crippen LogP contribution in [0.3, 0.4) is 0 Å². The van der Waals surface area contributed by atoms with Crippen molar-refractivity contribution in [3.63, 3.8) is 0 Å². The van der Waals surface area contributed by atoms with Crippen molar-refractivity contribution in [2.45, 2.75) is 32.6 Å². The van der Waals surface area contributed by atoms with Crippen LogP contribution in [0.5, 0.6) is 16.7 Å². The van der Waals surface area contributed by atoms with Gasteiger partial charge in [0.05, 0.1) is 4.88 Å². The third-order valence-corrected chi connectivity index (χ3v) is 5.75. The summed E-state index contributed by atoms with van der Waals surface area (Å²) in [5.41, 5.74) is -1.27. The minimum atomic E-state index is -1.05. The van der Waals surface area contributed by atoms with Gasteiger partial charge in [0, 0.05) is 24.3 Å². The fraction of sp³-hybridized carbons (Fsp3) is 0.200. The van der Waals surface area contributed by atoms with Crippen molar-refractivity contribution in [2.24, 2.45) is 0 Å². The fourth-order valence-electron chi connectivity index (χ4n) is 3.09. The van der Waals surface area contributed by atoms with Crippen molar-refractivity contribution in [2.75, 3.05) is 0 Å². The molecule has 0 aliphatic heterocycles. The molecular formula is C25H22FNO7S. The number of allylic oxidation sites excluding steroid dienone is 2. The van der Waals surface area contributed by atoms with Gasteiger partial charge in [-0.05, 0) is 55.7 Å². The van der Waals surface area contributed by atoms with Crippen molar-refractivity contribution >= 4 is 29.2 Å². The number of aromatic hydroxyl groups is 1. The number of benzene rings is 1. The lowest BCUT2D eigenvalue weighted by molar-refractivity contribution is -0.131. The predicted octanol–water partition coefficient (Wildman–Crippen LogP) is 5.54. The number of carboxylic acid groups (broad SMARTS) is 1. The molecule has 1 atom stereocenters. The van der Waals surface area contributed by atoms with Crippen LogP contribution < -0.4 is 10.4 Å². The first-order chi connectivity index (χ1) is 16.6. The van der Waals surface area contributed by atoms with E-state index in [1.165, 1.54) is 55.6 Å². The van der Waals surface area contributed by atoms with Gasteiger partial charge in [-0.15, -0.1) is 0 Å². The Labute approximate surface area is 203 Å². The molecule has 0 amide bonds. The van der Waals surface area contributed by atoms with Crippen LogP contribution in [0.25, 0.3) is 6.08 Å². The van der Waals surface area contributed by atoms with E-state index in [0.717, 1.165) is 17.4 Å². The number of ketones is 1. The third kappa shape index (κ3) is 6.97. The zero-order chi connectivity index (χ0) is 25.5. The molecule has 35 heavy (non-hydrogen) atoms. The number of thiazole rings is 1. The quantitative estimate of drug-likeness (QED) is 0.275. The van der Waals surface area contributed by atoms with Crippen molar-refractivity contribution < 1.29 is 33.3 Å². The van der Waals surface area contributed by atoms with Crippen LogP contribution >= 0.6 is 11.3 Å². The molecular weight excluding hydrogens is 477 g/mol. The molecule has 0 radical (unpaired) electrons. The van der Waals surface area contributed by atoms with Gasteiger partial charge in [0.1, 0.15) is 28.6 Å². The van der Waals surface area contributed by atoms with Gasteiger partial charge < -0.3 is 19.4 Å². The first-order valence-electron chi connectivity index (χ1n) is 10.5. The first-order valence-corrected chi connectivity index (χ1v) is 11.3. The number of hydrogen-bond acceptors (Lipinski definition) is 8. The number of ether oxygens (including phenoxy) is 1. The number of hydrogen-bond donors (Lipinski definition) is 2. The summed E-state index contributed by atoms with van der Waals surface area (Å²) in [5.74, 6) is -2.33. The summed E-state index contributed by atoms with van der Waals surface area (Å²) in [6, 6.07) is 6.66. The zero-order valence-corrected chi connectivity index (χ0v) is 19.7. The average molecular weight is 500 g/mol. The number of carbonyl (C=O) groups excluding carboxylic acids is 1. The molecule has 0 saturated heterocycles. The molecule has 3 aromatic rings. The summed E-state index contributed by atoms with van der Waals surface area (Å²) >= 11 is 1.14. The Kier molecular flexibility index (Phi) is 8.32. The van der Waals surface area contributed by atoms with E-state index < -0.39 is 34.5 Å². The number of Topliss-reactive ketones (excluding diaryl/α,β-unsaturated/α-hetero) is 1. The number of halogens is 1. The maximum absolute atomic E-state index is 13.0. The second kappa shape index (κ2) is 11.4. The second-order valence-corrected chi connectivity index (χ2v) is 8.68. The molecule has 0 fully saturated rings. The topological polar surface area (TPSA) is 127 Å². The van der Waals surface area contributed by atoms with Gasteiger partial charge in [0.25, 0.3) is 5.19 Å². The summed E-state index contributed by atoms with van der Waals surface area (Å²) in [5, 5.41) is 19.3. The third-order valence-electron chi connectivity index (χ3n) is 4.93. The van der Waals surface area contributed by atoms with E-state index >= 15 is 0 Å². The SMILES string of the molecule is C/C(=C\c1cnc(Oc2ccc(F)cc2)s1)C(=O)c1c(O)cc(C(C)CC/C=C/C(=O)O)oc1=O. The smallest absolute Gasteiger partial charge is 0.351 e. The molecule has 2 N–H and O–H groups in total. The minimum absolute atomic E-state index is 0.171. The lowest BCUT2D eigenvalue weighted by atomic mass is 9.99. The van der Waals surface area contributed by atoms with E-state index in [2.05, 4.69) is 4.98 Å². The minimum Gasteiger partial charge on any atom is -0.507 e. The number of aliphatic carboxylic acids is 1. The highest BCUT2D eigenvalue weighted by atomic mass is 32.1. The van der Waals surface area contributed by atoms with Crippen molar-refractivity contribution in [1.29, 1.82) is 0 Å². The summed E-state index contributed by atoms with van der Waals surface area (Å²) in [4.78, 5) is 40.5. The van der Waals surface area contributed by atoms with Crippen molar-refractivity contribution in [3.05, 3.63) is 86.7 Å². The largest absolute Gasteiger partial charge is 0.507 e. The maximum atomic E-state index is 13.0. The van der Waals surface area contributed by atoms with E-state index in [-0.39, 0.29) is 22.4 Å². The summed E-state index contributed by atoms with van der Waals surface area (Å²) in [7, 11) is 0. The number of nitrogens with zero attached hydrogens (tertiary/aromatic N) is 1.